The Bertz CT molecular complexity index is 683. The second kappa shape index (κ2) is 8.60. The lowest BCUT2D eigenvalue weighted by Crippen LogP contribution is -2.32. The third-order valence-electron chi connectivity index (χ3n) is 4.55. The zero-order valence-electron chi connectivity index (χ0n) is 15.2. The Balaban J connectivity index is 2.86. The Morgan fingerprint density at radius 1 is 0.917 bits per heavy atom. The topological polar surface area (TPSA) is 101 Å². The van der Waals surface area contributed by atoms with Gasteiger partial charge in [0.2, 0.25) is 15.9 Å². The van der Waals surface area contributed by atoms with E-state index in [2.05, 4.69) is 10.0 Å². The van der Waals surface area contributed by atoms with Crippen molar-refractivity contribution in [3.8, 4) is 0 Å². The molecule has 0 aromatic heterocycles. The van der Waals surface area contributed by atoms with Crippen LogP contribution in [0.4, 0.5) is 0 Å². The van der Waals surface area contributed by atoms with E-state index < -0.39 is 10.0 Å². The quantitative estimate of drug-likeness (QED) is 0.613. The molecule has 0 aliphatic carbocycles. The molecule has 1 amide bonds. The average molecular weight is 356 g/mol. The number of carbonyl (C=O) groups is 1. The van der Waals surface area contributed by atoms with Gasteiger partial charge in [0.25, 0.3) is 0 Å². The van der Waals surface area contributed by atoms with Crippen LogP contribution in [0.5, 0.6) is 0 Å². The lowest BCUT2D eigenvalue weighted by Gasteiger charge is -2.19. The first-order chi connectivity index (χ1) is 11.1. The van der Waals surface area contributed by atoms with E-state index in [0.29, 0.717) is 24.4 Å². The van der Waals surface area contributed by atoms with Gasteiger partial charge in [0.1, 0.15) is 0 Å². The van der Waals surface area contributed by atoms with Crippen LogP contribution in [-0.2, 0) is 14.8 Å². The molecule has 1 rings (SSSR count). The summed E-state index contributed by atoms with van der Waals surface area (Å²) in [5.41, 5.74) is 9.96. The lowest BCUT2D eigenvalue weighted by molar-refractivity contribution is -0.120. The SMILES string of the molecule is Cc1c(C)c(C)c(S(=O)(=O)NCCC(=O)NCCCN)c(C)c1C. The van der Waals surface area contributed by atoms with Gasteiger partial charge in [0, 0.05) is 19.5 Å². The van der Waals surface area contributed by atoms with Gasteiger partial charge in [0.05, 0.1) is 4.90 Å². The van der Waals surface area contributed by atoms with Gasteiger partial charge in [0.15, 0.2) is 0 Å². The fourth-order valence-electron chi connectivity index (χ4n) is 2.66. The molecular weight excluding hydrogens is 326 g/mol. The van der Waals surface area contributed by atoms with E-state index in [-0.39, 0.29) is 18.9 Å². The highest BCUT2D eigenvalue weighted by molar-refractivity contribution is 7.89. The van der Waals surface area contributed by atoms with Crippen molar-refractivity contribution in [1.82, 2.24) is 10.0 Å². The first-order valence-electron chi connectivity index (χ1n) is 8.16. The summed E-state index contributed by atoms with van der Waals surface area (Å²) in [7, 11) is -3.65. The smallest absolute Gasteiger partial charge is 0.241 e. The minimum absolute atomic E-state index is 0.0711. The van der Waals surface area contributed by atoms with Crippen molar-refractivity contribution in [2.24, 2.45) is 5.73 Å². The van der Waals surface area contributed by atoms with Gasteiger partial charge in [-0.3, -0.25) is 4.79 Å². The Morgan fingerprint density at radius 2 is 1.42 bits per heavy atom. The zero-order chi connectivity index (χ0) is 18.5. The first kappa shape index (κ1) is 20.6. The molecular formula is C17H29N3O3S. The average Bonchev–Trinajstić information content (AvgIpc) is 2.51. The molecule has 0 saturated heterocycles. The number of nitrogens with one attached hydrogen (secondary N) is 2. The molecule has 0 heterocycles. The van der Waals surface area contributed by atoms with Crippen molar-refractivity contribution < 1.29 is 13.2 Å². The highest BCUT2D eigenvalue weighted by Gasteiger charge is 2.23. The molecule has 0 atom stereocenters. The van der Waals surface area contributed by atoms with Crippen LogP contribution in [0.3, 0.4) is 0 Å². The van der Waals surface area contributed by atoms with Gasteiger partial charge < -0.3 is 11.1 Å². The second-order valence-electron chi connectivity index (χ2n) is 6.09. The number of hydrogen-bond acceptors (Lipinski definition) is 4. The highest BCUT2D eigenvalue weighted by Crippen LogP contribution is 2.29. The summed E-state index contributed by atoms with van der Waals surface area (Å²) in [4.78, 5) is 12.0. The van der Waals surface area contributed by atoms with E-state index in [1.807, 2.05) is 34.6 Å². The number of amides is 1. The molecule has 1 aromatic rings. The number of carbonyl (C=O) groups excluding carboxylic acids is 1. The highest BCUT2D eigenvalue weighted by atomic mass is 32.2. The molecule has 0 spiro atoms. The standard InChI is InChI=1S/C17H29N3O3S/c1-11-12(2)14(4)17(15(5)13(11)3)24(22,23)20-10-7-16(21)19-9-6-8-18/h20H,6-10,18H2,1-5H3,(H,19,21). The fourth-order valence-corrected chi connectivity index (χ4v) is 4.29. The van der Waals surface area contributed by atoms with Crippen molar-refractivity contribution in [3.05, 3.63) is 27.8 Å². The summed E-state index contributed by atoms with van der Waals surface area (Å²) in [6, 6.07) is 0. The molecule has 24 heavy (non-hydrogen) atoms. The maximum atomic E-state index is 12.7. The van der Waals surface area contributed by atoms with Crippen LogP contribution in [0.1, 0.15) is 40.7 Å². The Labute approximate surface area is 145 Å². The Hall–Kier alpha value is -1.44. The van der Waals surface area contributed by atoms with Crippen LogP contribution in [0.2, 0.25) is 0 Å². The number of hydrogen-bond donors (Lipinski definition) is 3. The van der Waals surface area contributed by atoms with E-state index >= 15 is 0 Å². The van der Waals surface area contributed by atoms with Crippen LogP contribution in [0.25, 0.3) is 0 Å². The van der Waals surface area contributed by atoms with Crippen LogP contribution in [0.15, 0.2) is 4.90 Å². The fraction of sp³-hybridized carbons (Fsp3) is 0.588. The molecule has 7 heteroatoms. The maximum Gasteiger partial charge on any atom is 0.241 e. The van der Waals surface area contributed by atoms with E-state index in [1.165, 1.54) is 0 Å². The summed E-state index contributed by atoms with van der Waals surface area (Å²) in [6.07, 6.45) is 0.809. The van der Waals surface area contributed by atoms with E-state index in [9.17, 15) is 13.2 Å². The summed E-state index contributed by atoms with van der Waals surface area (Å²) in [6.45, 7) is 10.6. The van der Waals surface area contributed by atoms with Crippen molar-refractivity contribution in [2.45, 2.75) is 52.4 Å². The third kappa shape index (κ3) is 4.78. The molecule has 0 saturated carbocycles. The monoisotopic (exact) mass is 355 g/mol. The van der Waals surface area contributed by atoms with Gasteiger partial charge in [-0.25, -0.2) is 13.1 Å². The summed E-state index contributed by atoms with van der Waals surface area (Å²) in [5, 5.41) is 2.70. The predicted octanol–water partition coefficient (Wildman–Crippen LogP) is 1.36. The number of nitrogens with two attached hydrogens (primary N) is 1. The van der Waals surface area contributed by atoms with Gasteiger partial charge in [-0.15, -0.1) is 0 Å². The Kier molecular flexibility index (Phi) is 7.38. The van der Waals surface area contributed by atoms with Crippen LogP contribution in [-0.4, -0.2) is 34.0 Å². The van der Waals surface area contributed by atoms with Gasteiger partial charge in [-0.2, -0.15) is 0 Å². The molecule has 0 radical (unpaired) electrons. The summed E-state index contributed by atoms with van der Waals surface area (Å²) in [5.74, 6) is -0.184. The largest absolute Gasteiger partial charge is 0.356 e. The predicted molar refractivity (Wildman–Crippen MR) is 96.6 cm³/mol. The van der Waals surface area contributed by atoms with Crippen molar-refractivity contribution in [1.29, 1.82) is 0 Å². The van der Waals surface area contributed by atoms with E-state index in [1.54, 1.807) is 0 Å². The minimum Gasteiger partial charge on any atom is -0.356 e. The number of benzene rings is 1. The third-order valence-corrected chi connectivity index (χ3v) is 6.28. The van der Waals surface area contributed by atoms with Gasteiger partial charge >= 0.3 is 0 Å². The molecule has 0 aliphatic rings. The number of rotatable bonds is 8. The molecule has 6 nitrogen and oxygen atoms in total. The molecule has 0 aliphatic heterocycles. The Morgan fingerprint density at radius 3 is 1.92 bits per heavy atom. The number of sulfonamides is 1. The minimum atomic E-state index is -3.65. The van der Waals surface area contributed by atoms with Crippen LogP contribution >= 0.6 is 0 Å². The van der Waals surface area contributed by atoms with Crippen molar-refractivity contribution in [2.75, 3.05) is 19.6 Å². The summed E-state index contributed by atoms with van der Waals surface area (Å²) < 4.78 is 27.9. The van der Waals surface area contributed by atoms with Crippen LogP contribution in [0, 0.1) is 34.6 Å². The second-order valence-corrected chi connectivity index (χ2v) is 7.80. The molecule has 136 valence electrons. The van der Waals surface area contributed by atoms with Gasteiger partial charge in [-0.05, 0) is 75.4 Å². The first-order valence-corrected chi connectivity index (χ1v) is 9.65. The van der Waals surface area contributed by atoms with E-state index in [4.69, 9.17) is 5.73 Å². The maximum absolute atomic E-state index is 12.7. The molecule has 0 bridgehead atoms. The zero-order valence-corrected chi connectivity index (χ0v) is 16.1. The van der Waals surface area contributed by atoms with Gasteiger partial charge in [-0.1, -0.05) is 0 Å². The van der Waals surface area contributed by atoms with Crippen molar-refractivity contribution in [3.63, 3.8) is 0 Å². The normalized spacial score (nSPS) is 11.6. The van der Waals surface area contributed by atoms with Crippen LogP contribution < -0.4 is 15.8 Å². The lowest BCUT2D eigenvalue weighted by atomic mass is 9.95. The molecule has 0 unspecified atom stereocenters. The van der Waals surface area contributed by atoms with E-state index in [0.717, 1.165) is 27.8 Å². The molecule has 0 fully saturated rings. The van der Waals surface area contributed by atoms with Crippen molar-refractivity contribution >= 4 is 15.9 Å². The molecule has 1 aromatic carbocycles. The molecule has 4 N–H and O–H groups in total. The summed E-state index contributed by atoms with van der Waals surface area (Å²) >= 11 is 0.